The molecule has 2 heterocycles. The molecule has 0 saturated carbocycles. The Kier molecular flexibility index (Phi) is 6.39. The van der Waals surface area contributed by atoms with Gasteiger partial charge in [0.2, 0.25) is 0 Å². The lowest BCUT2D eigenvalue weighted by atomic mass is 10.1. The SMILES string of the molecule is O=C(Nc1ccc(C(=O)N2Cc3ccc(Cl)n3Cc3ccccc32)cc1)c1ccccc1OC(F)(F)F. The monoisotopic (exact) mass is 525 g/mol. The van der Waals surface area contributed by atoms with E-state index >= 15 is 0 Å². The zero-order valence-corrected chi connectivity index (χ0v) is 19.9. The molecule has 0 bridgehead atoms. The van der Waals surface area contributed by atoms with Crippen molar-refractivity contribution < 1.29 is 27.5 Å². The van der Waals surface area contributed by atoms with E-state index in [2.05, 4.69) is 10.1 Å². The second-order valence-corrected chi connectivity index (χ2v) is 8.72. The highest BCUT2D eigenvalue weighted by atomic mass is 35.5. The van der Waals surface area contributed by atoms with Gasteiger partial charge in [-0.25, -0.2) is 0 Å². The molecule has 1 aromatic heterocycles. The number of rotatable bonds is 4. The summed E-state index contributed by atoms with van der Waals surface area (Å²) in [6.45, 7) is 0.850. The molecule has 1 aliphatic heterocycles. The molecular weight excluding hydrogens is 507 g/mol. The first kappa shape index (κ1) is 24.5. The number of carbonyl (C=O) groups excluding carboxylic acids is 2. The molecule has 5 rings (SSSR count). The van der Waals surface area contributed by atoms with Crippen molar-refractivity contribution in [3.63, 3.8) is 0 Å². The molecule has 4 aromatic rings. The number of anilines is 2. The highest BCUT2D eigenvalue weighted by Crippen LogP contribution is 2.32. The van der Waals surface area contributed by atoms with Crippen LogP contribution in [0.2, 0.25) is 5.15 Å². The lowest BCUT2D eigenvalue weighted by Crippen LogP contribution is -2.30. The molecule has 6 nitrogen and oxygen atoms in total. The lowest BCUT2D eigenvalue weighted by Gasteiger charge is -2.23. The maximum atomic E-state index is 13.5. The van der Waals surface area contributed by atoms with Crippen molar-refractivity contribution in [3.8, 4) is 5.75 Å². The number of para-hydroxylation sites is 2. The maximum Gasteiger partial charge on any atom is 0.573 e. The molecule has 1 aliphatic rings. The number of benzene rings is 3. The first-order chi connectivity index (χ1) is 17.7. The Labute approximate surface area is 214 Å². The van der Waals surface area contributed by atoms with Gasteiger partial charge in [-0.3, -0.25) is 9.59 Å². The Bertz CT molecular complexity index is 1480. The van der Waals surface area contributed by atoms with E-state index in [1.54, 1.807) is 23.1 Å². The van der Waals surface area contributed by atoms with Gasteiger partial charge in [0.05, 0.1) is 18.7 Å². The predicted octanol–water partition coefficient (Wildman–Crippen LogP) is 6.50. The third kappa shape index (κ3) is 5.17. The van der Waals surface area contributed by atoms with Gasteiger partial charge >= 0.3 is 6.36 Å². The lowest BCUT2D eigenvalue weighted by molar-refractivity contribution is -0.274. The number of hydrogen-bond donors (Lipinski definition) is 1. The minimum absolute atomic E-state index is 0.250. The van der Waals surface area contributed by atoms with Crippen LogP contribution in [0, 0.1) is 0 Å². The second-order valence-electron chi connectivity index (χ2n) is 8.33. The maximum absolute atomic E-state index is 13.5. The highest BCUT2D eigenvalue weighted by molar-refractivity contribution is 6.29. The molecule has 0 spiro atoms. The summed E-state index contributed by atoms with van der Waals surface area (Å²) in [6, 6.07) is 22.5. The topological polar surface area (TPSA) is 63.6 Å². The van der Waals surface area contributed by atoms with E-state index in [-0.39, 0.29) is 11.5 Å². The van der Waals surface area contributed by atoms with Crippen LogP contribution in [0.4, 0.5) is 24.5 Å². The number of alkyl halides is 3. The van der Waals surface area contributed by atoms with Crippen molar-refractivity contribution in [2.75, 3.05) is 10.2 Å². The number of fused-ring (bicyclic) bond motifs is 2. The van der Waals surface area contributed by atoms with Crippen LogP contribution in [0.5, 0.6) is 5.75 Å². The smallest absolute Gasteiger partial charge is 0.405 e. The van der Waals surface area contributed by atoms with Crippen LogP contribution in [0.3, 0.4) is 0 Å². The van der Waals surface area contributed by atoms with E-state index in [1.165, 1.54) is 30.3 Å². The number of nitrogens with one attached hydrogen (secondary N) is 1. The Morgan fingerprint density at radius 1 is 0.865 bits per heavy atom. The Hall–Kier alpha value is -4.24. The number of nitrogens with zero attached hydrogens (tertiary/aromatic N) is 2. The van der Waals surface area contributed by atoms with E-state index in [0.29, 0.717) is 29.5 Å². The van der Waals surface area contributed by atoms with Crippen LogP contribution in [-0.2, 0) is 13.1 Å². The van der Waals surface area contributed by atoms with Crippen LogP contribution in [0.15, 0.2) is 84.9 Å². The molecule has 37 heavy (non-hydrogen) atoms. The molecule has 0 unspecified atom stereocenters. The molecule has 2 amide bonds. The van der Waals surface area contributed by atoms with Gasteiger partial charge in [0.1, 0.15) is 10.9 Å². The number of amides is 2. The summed E-state index contributed by atoms with van der Waals surface area (Å²) in [5, 5.41) is 3.13. The van der Waals surface area contributed by atoms with Gasteiger partial charge in [0, 0.05) is 22.6 Å². The largest absolute Gasteiger partial charge is 0.573 e. The van der Waals surface area contributed by atoms with Crippen LogP contribution >= 0.6 is 11.6 Å². The van der Waals surface area contributed by atoms with E-state index in [1.807, 2.05) is 34.9 Å². The van der Waals surface area contributed by atoms with Crippen LogP contribution in [0.25, 0.3) is 0 Å². The Morgan fingerprint density at radius 2 is 1.57 bits per heavy atom. The second kappa shape index (κ2) is 9.67. The summed E-state index contributed by atoms with van der Waals surface area (Å²) in [5.41, 5.74) is 3.00. The number of hydrogen-bond acceptors (Lipinski definition) is 3. The summed E-state index contributed by atoms with van der Waals surface area (Å²) < 4.78 is 44.0. The van der Waals surface area contributed by atoms with Crippen LogP contribution < -0.4 is 15.0 Å². The zero-order chi connectivity index (χ0) is 26.2. The molecule has 188 valence electrons. The van der Waals surface area contributed by atoms with Crippen molar-refractivity contribution in [3.05, 3.63) is 112 Å². The summed E-state index contributed by atoms with van der Waals surface area (Å²) in [4.78, 5) is 27.8. The summed E-state index contributed by atoms with van der Waals surface area (Å²) in [5.74, 6) is -1.64. The fourth-order valence-electron chi connectivity index (χ4n) is 4.22. The van der Waals surface area contributed by atoms with Gasteiger partial charge in [-0.2, -0.15) is 0 Å². The van der Waals surface area contributed by atoms with Gasteiger partial charge < -0.3 is 19.5 Å². The van der Waals surface area contributed by atoms with Crippen molar-refractivity contribution in [2.45, 2.75) is 19.5 Å². The summed E-state index contributed by atoms with van der Waals surface area (Å²) in [7, 11) is 0. The third-order valence-corrected chi connectivity index (χ3v) is 6.27. The quantitative estimate of drug-likeness (QED) is 0.331. The number of halogens is 4. The minimum Gasteiger partial charge on any atom is -0.405 e. The average molecular weight is 526 g/mol. The molecule has 0 fully saturated rings. The van der Waals surface area contributed by atoms with Gasteiger partial charge in [0.25, 0.3) is 11.8 Å². The fourth-order valence-corrected chi connectivity index (χ4v) is 4.45. The van der Waals surface area contributed by atoms with Crippen LogP contribution in [-0.4, -0.2) is 22.7 Å². The molecule has 3 aromatic carbocycles. The van der Waals surface area contributed by atoms with E-state index < -0.39 is 18.0 Å². The first-order valence-electron chi connectivity index (χ1n) is 11.2. The third-order valence-electron chi connectivity index (χ3n) is 5.94. The van der Waals surface area contributed by atoms with E-state index in [9.17, 15) is 22.8 Å². The molecule has 1 N–H and O–H groups in total. The summed E-state index contributed by atoms with van der Waals surface area (Å²) in [6.07, 6.45) is -4.93. The molecule has 0 atom stereocenters. The van der Waals surface area contributed by atoms with Gasteiger partial charge in [0.15, 0.2) is 0 Å². The van der Waals surface area contributed by atoms with Gasteiger partial charge in [-0.05, 0) is 60.2 Å². The number of ether oxygens (including phenoxy) is 1. The molecule has 10 heteroatoms. The normalized spacial score (nSPS) is 12.8. The molecule has 0 radical (unpaired) electrons. The molecular formula is C27H19ClF3N3O3. The van der Waals surface area contributed by atoms with Crippen LogP contribution in [0.1, 0.15) is 32.0 Å². The summed E-state index contributed by atoms with van der Waals surface area (Å²) >= 11 is 6.35. The van der Waals surface area contributed by atoms with E-state index in [4.69, 9.17) is 11.6 Å². The van der Waals surface area contributed by atoms with Crippen molar-refractivity contribution in [1.29, 1.82) is 0 Å². The molecule has 0 aliphatic carbocycles. The number of carbonyl (C=O) groups is 2. The fraction of sp³-hybridized carbons (Fsp3) is 0.111. The Balaban J connectivity index is 1.37. The molecule has 0 saturated heterocycles. The highest BCUT2D eigenvalue weighted by Gasteiger charge is 2.33. The van der Waals surface area contributed by atoms with Crippen molar-refractivity contribution in [2.24, 2.45) is 0 Å². The van der Waals surface area contributed by atoms with Crippen molar-refractivity contribution >= 4 is 34.8 Å². The Morgan fingerprint density at radius 3 is 2.32 bits per heavy atom. The standard InChI is InChI=1S/C27H19ClF3N3O3/c28-24-14-13-20-16-34(22-7-3-1-5-18(22)15-33(20)24)26(36)17-9-11-19(12-10-17)32-25(35)21-6-2-4-8-23(21)37-27(29,30)31/h1-14H,15-16H2,(H,32,35). The predicted molar refractivity (Wildman–Crippen MR) is 133 cm³/mol. The minimum atomic E-state index is -4.93. The van der Waals surface area contributed by atoms with Gasteiger partial charge in [-0.15, -0.1) is 13.2 Å². The van der Waals surface area contributed by atoms with Gasteiger partial charge in [-0.1, -0.05) is 41.9 Å². The first-order valence-corrected chi connectivity index (χ1v) is 11.6. The zero-order valence-electron chi connectivity index (χ0n) is 19.1. The average Bonchev–Trinajstić information content (AvgIpc) is 3.11. The van der Waals surface area contributed by atoms with Crippen molar-refractivity contribution in [1.82, 2.24) is 4.57 Å². The van der Waals surface area contributed by atoms with E-state index in [0.717, 1.165) is 23.0 Å². The number of aromatic nitrogens is 1.